The molecule has 0 saturated carbocycles. The van der Waals surface area contributed by atoms with E-state index in [2.05, 4.69) is 15.6 Å². The van der Waals surface area contributed by atoms with Crippen LogP contribution in [-0.2, 0) is 16.1 Å². The van der Waals surface area contributed by atoms with Crippen molar-refractivity contribution >= 4 is 28.5 Å². The van der Waals surface area contributed by atoms with Crippen molar-refractivity contribution in [1.29, 1.82) is 0 Å². The van der Waals surface area contributed by atoms with Gasteiger partial charge in [0.05, 0.1) is 11.3 Å². The lowest BCUT2D eigenvalue weighted by molar-refractivity contribution is -0.116. The van der Waals surface area contributed by atoms with E-state index >= 15 is 0 Å². The highest BCUT2D eigenvalue weighted by Gasteiger charge is 2.15. The Hall–Kier alpha value is -3.33. The highest BCUT2D eigenvalue weighted by atomic mass is 32.1. The summed E-state index contributed by atoms with van der Waals surface area (Å²) in [4.78, 5) is 27.7. The van der Waals surface area contributed by atoms with Gasteiger partial charge in [-0.15, -0.1) is 11.3 Å². The van der Waals surface area contributed by atoms with Crippen LogP contribution in [0.2, 0.25) is 0 Å². The standard InChI is InChI=1S/C21H19F2N3O3S/c22-15-8-4-9-16(23)19(15)17-13-30-20(25-17)26-18(27)10-5-11-24-21(28)29-12-14-6-2-1-3-7-14/h1-4,6-9,13H,5,10-12H2,(H,24,28)(H,25,26,27). The predicted octanol–water partition coefficient (Wildman–Crippen LogP) is 4.73. The van der Waals surface area contributed by atoms with Crippen LogP contribution in [-0.4, -0.2) is 23.5 Å². The van der Waals surface area contributed by atoms with Crippen LogP contribution in [0.1, 0.15) is 18.4 Å². The third-order valence-corrected chi connectivity index (χ3v) is 4.79. The number of hydrogen-bond acceptors (Lipinski definition) is 5. The van der Waals surface area contributed by atoms with Crippen LogP contribution in [0, 0.1) is 11.6 Å². The zero-order valence-electron chi connectivity index (χ0n) is 15.9. The fourth-order valence-corrected chi connectivity index (χ4v) is 3.30. The van der Waals surface area contributed by atoms with Crippen molar-refractivity contribution in [2.45, 2.75) is 19.4 Å². The summed E-state index contributed by atoms with van der Waals surface area (Å²) in [7, 11) is 0. The molecule has 1 aromatic heterocycles. The molecule has 2 aromatic carbocycles. The summed E-state index contributed by atoms with van der Waals surface area (Å²) >= 11 is 1.07. The third-order valence-electron chi connectivity index (χ3n) is 4.03. The summed E-state index contributed by atoms with van der Waals surface area (Å²) in [6.07, 6.45) is -0.0234. The van der Waals surface area contributed by atoms with Gasteiger partial charge in [-0.2, -0.15) is 0 Å². The molecule has 6 nitrogen and oxygen atoms in total. The number of carbonyl (C=O) groups excluding carboxylic acids is 2. The fraction of sp³-hybridized carbons (Fsp3) is 0.190. The SMILES string of the molecule is O=C(CCCNC(=O)OCc1ccccc1)Nc1nc(-c2c(F)cccc2F)cs1. The zero-order chi connectivity index (χ0) is 21.3. The molecule has 0 aliphatic carbocycles. The molecular formula is C21H19F2N3O3S. The van der Waals surface area contributed by atoms with Crippen molar-refractivity contribution in [2.24, 2.45) is 0 Å². The molecule has 3 rings (SSSR count). The summed E-state index contributed by atoms with van der Waals surface area (Å²) in [6, 6.07) is 12.8. The van der Waals surface area contributed by atoms with E-state index in [1.165, 1.54) is 11.4 Å². The molecule has 0 bridgehead atoms. The Labute approximate surface area is 175 Å². The molecule has 1 heterocycles. The second kappa shape index (κ2) is 10.4. The molecule has 156 valence electrons. The van der Waals surface area contributed by atoms with E-state index in [4.69, 9.17) is 4.74 Å². The number of aromatic nitrogens is 1. The van der Waals surface area contributed by atoms with Gasteiger partial charge in [0.15, 0.2) is 5.13 Å². The molecule has 0 fully saturated rings. The Morgan fingerprint density at radius 1 is 1.03 bits per heavy atom. The van der Waals surface area contributed by atoms with Crippen molar-refractivity contribution in [3.8, 4) is 11.3 Å². The van der Waals surface area contributed by atoms with E-state index in [1.54, 1.807) is 0 Å². The molecule has 2 N–H and O–H groups in total. The van der Waals surface area contributed by atoms with E-state index in [0.717, 1.165) is 29.0 Å². The van der Waals surface area contributed by atoms with Crippen LogP contribution in [0.4, 0.5) is 18.7 Å². The lowest BCUT2D eigenvalue weighted by atomic mass is 10.1. The normalized spacial score (nSPS) is 10.5. The first-order valence-corrected chi connectivity index (χ1v) is 10.0. The maximum Gasteiger partial charge on any atom is 0.407 e. The first-order chi connectivity index (χ1) is 14.5. The van der Waals surface area contributed by atoms with E-state index in [1.807, 2.05) is 30.3 Å². The van der Waals surface area contributed by atoms with Crippen LogP contribution in [0.15, 0.2) is 53.9 Å². The summed E-state index contributed by atoms with van der Waals surface area (Å²) in [6.45, 7) is 0.437. The molecule has 0 unspecified atom stereocenters. The van der Waals surface area contributed by atoms with E-state index in [-0.39, 0.29) is 41.9 Å². The number of rotatable bonds is 8. The van der Waals surface area contributed by atoms with Gasteiger partial charge in [0.2, 0.25) is 5.91 Å². The van der Waals surface area contributed by atoms with Crippen molar-refractivity contribution in [3.05, 3.63) is 71.1 Å². The highest BCUT2D eigenvalue weighted by Crippen LogP contribution is 2.29. The number of thiazole rings is 1. The number of amides is 2. The topological polar surface area (TPSA) is 80.3 Å². The number of nitrogens with zero attached hydrogens (tertiary/aromatic N) is 1. The van der Waals surface area contributed by atoms with Gasteiger partial charge in [0, 0.05) is 18.3 Å². The molecule has 3 aromatic rings. The van der Waals surface area contributed by atoms with Gasteiger partial charge >= 0.3 is 6.09 Å². The minimum atomic E-state index is -0.719. The van der Waals surface area contributed by atoms with Gasteiger partial charge in [-0.25, -0.2) is 18.6 Å². The molecular weight excluding hydrogens is 412 g/mol. The average molecular weight is 431 g/mol. The van der Waals surface area contributed by atoms with E-state index in [0.29, 0.717) is 6.42 Å². The van der Waals surface area contributed by atoms with E-state index in [9.17, 15) is 18.4 Å². The van der Waals surface area contributed by atoms with Crippen LogP contribution in [0.25, 0.3) is 11.3 Å². The molecule has 0 atom stereocenters. The maximum absolute atomic E-state index is 13.8. The Kier molecular flexibility index (Phi) is 7.45. The predicted molar refractivity (Wildman–Crippen MR) is 110 cm³/mol. The van der Waals surface area contributed by atoms with Gasteiger partial charge in [-0.1, -0.05) is 36.4 Å². The Morgan fingerprint density at radius 2 is 1.77 bits per heavy atom. The Morgan fingerprint density at radius 3 is 2.50 bits per heavy atom. The average Bonchev–Trinajstić information content (AvgIpc) is 3.18. The number of nitrogens with one attached hydrogen (secondary N) is 2. The summed E-state index contributed by atoms with van der Waals surface area (Å²) in [5.74, 6) is -1.75. The molecule has 0 saturated heterocycles. The number of hydrogen-bond donors (Lipinski definition) is 2. The Bertz CT molecular complexity index is 991. The molecule has 0 spiro atoms. The number of ether oxygens (including phenoxy) is 1. The minimum Gasteiger partial charge on any atom is -0.445 e. The maximum atomic E-state index is 13.8. The number of anilines is 1. The van der Waals surface area contributed by atoms with Crippen LogP contribution in [0.3, 0.4) is 0 Å². The quantitative estimate of drug-likeness (QED) is 0.505. The number of benzene rings is 2. The number of carbonyl (C=O) groups is 2. The largest absolute Gasteiger partial charge is 0.445 e. The highest BCUT2D eigenvalue weighted by molar-refractivity contribution is 7.14. The minimum absolute atomic E-state index is 0.119. The molecule has 2 amide bonds. The summed E-state index contributed by atoms with van der Waals surface area (Å²) in [5.41, 5.74) is 0.770. The lowest BCUT2D eigenvalue weighted by Crippen LogP contribution is -2.26. The van der Waals surface area contributed by atoms with Gasteiger partial charge in [-0.3, -0.25) is 4.79 Å². The van der Waals surface area contributed by atoms with Gasteiger partial charge in [0.25, 0.3) is 0 Å². The monoisotopic (exact) mass is 431 g/mol. The summed E-state index contributed by atoms with van der Waals surface area (Å²) in [5, 5.41) is 6.88. The van der Waals surface area contributed by atoms with Crippen LogP contribution >= 0.6 is 11.3 Å². The number of alkyl carbamates (subject to hydrolysis) is 1. The molecule has 0 aliphatic rings. The van der Waals surface area contributed by atoms with Crippen molar-refractivity contribution in [3.63, 3.8) is 0 Å². The molecule has 0 aliphatic heterocycles. The van der Waals surface area contributed by atoms with Crippen molar-refractivity contribution in [2.75, 3.05) is 11.9 Å². The van der Waals surface area contributed by atoms with Gasteiger partial charge in [-0.05, 0) is 24.1 Å². The first-order valence-electron chi connectivity index (χ1n) is 9.17. The molecule has 0 radical (unpaired) electrons. The lowest BCUT2D eigenvalue weighted by Gasteiger charge is -2.07. The molecule has 9 heteroatoms. The van der Waals surface area contributed by atoms with Gasteiger partial charge in [0.1, 0.15) is 18.2 Å². The molecule has 30 heavy (non-hydrogen) atoms. The first kappa shape index (κ1) is 21.4. The Balaban J connectivity index is 1.38. The smallest absolute Gasteiger partial charge is 0.407 e. The number of halogens is 2. The van der Waals surface area contributed by atoms with Gasteiger partial charge < -0.3 is 15.4 Å². The second-order valence-electron chi connectivity index (χ2n) is 6.27. The zero-order valence-corrected chi connectivity index (χ0v) is 16.7. The van der Waals surface area contributed by atoms with Crippen molar-refractivity contribution in [1.82, 2.24) is 10.3 Å². The van der Waals surface area contributed by atoms with Crippen LogP contribution < -0.4 is 10.6 Å². The second-order valence-corrected chi connectivity index (χ2v) is 7.13. The third kappa shape index (κ3) is 6.08. The summed E-state index contributed by atoms with van der Waals surface area (Å²) < 4.78 is 32.7. The van der Waals surface area contributed by atoms with Crippen LogP contribution in [0.5, 0.6) is 0 Å². The van der Waals surface area contributed by atoms with E-state index < -0.39 is 17.7 Å². The fourth-order valence-electron chi connectivity index (χ4n) is 2.58. The van der Waals surface area contributed by atoms with Crippen molar-refractivity contribution < 1.29 is 23.1 Å².